The van der Waals surface area contributed by atoms with Crippen molar-refractivity contribution in [2.75, 3.05) is 57.3 Å². The number of hydrogen-bond acceptors (Lipinski definition) is 15. The van der Waals surface area contributed by atoms with Crippen LogP contribution in [0.15, 0.2) is 71.9 Å². The van der Waals surface area contributed by atoms with Gasteiger partial charge in [0.2, 0.25) is 5.91 Å². The highest BCUT2D eigenvalue weighted by atomic mass is 16.6. The van der Waals surface area contributed by atoms with E-state index in [0.29, 0.717) is 90.9 Å². The van der Waals surface area contributed by atoms with Crippen molar-refractivity contribution >= 4 is 53.1 Å². The molecule has 4 aliphatic heterocycles. The van der Waals surface area contributed by atoms with E-state index in [-0.39, 0.29) is 85.3 Å². The third-order valence-corrected chi connectivity index (χ3v) is 13.9. The van der Waals surface area contributed by atoms with Crippen LogP contribution in [0.25, 0.3) is 0 Å². The number of benzene rings is 3. The predicted octanol–water partition coefficient (Wildman–Crippen LogP) is 6.02. The van der Waals surface area contributed by atoms with Gasteiger partial charge in [-0.25, -0.2) is 19.2 Å². The first-order valence-corrected chi connectivity index (χ1v) is 25.3. The number of nitrogens with zero attached hydrogens (tertiary/aromatic N) is 7. The highest BCUT2D eigenvalue weighted by molar-refractivity contribution is 6.06. The number of nitrogens with two attached hydrogens (primary N) is 2. The van der Waals surface area contributed by atoms with Gasteiger partial charge in [0, 0.05) is 43.7 Å². The van der Waals surface area contributed by atoms with E-state index in [2.05, 4.69) is 39.4 Å². The monoisotopic (exact) mass is 1030 g/mol. The summed E-state index contributed by atoms with van der Waals surface area (Å²) in [4.78, 5) is 75.8. The molecule has 3 aromatic carbocycles. The van der Waals surface area contributed by atoms with Crippen molar-refractivity contribution in [2.24, 2.45) is 28.3 Å². The molecule has 4 aromatic rings. The SMILES string of the molecule is C=C1C[C@H]2[C@H](O)N(C(=O)OCc3ccc(NC(=O)[C@H](CCCNC(N)=O)n4cc([C@@H](N)C(C)C)nn4)cc3)c3cc(OCCCCCOc4cc5c(cc4OC)C(=O)N4CC(C)C[C@H]4C=N5)c(OC)cc3C(=O)N2C1. The van der Waals surface area contributed by atoms with E-state index < -0.39 is 36.3 Å². The molecular formula is C53H67N11O11. The van der Waals surface area contributed by atoms with Crippen molar-refractivity contribution in [3.05, 3.63) is 89.3 Å². The van der Waals surface area contributed by atoms with E-state index in [9.17, 15) is 29.1 Å². The van der Waals surface area contributed by atoms with Gasteiger partial charge in [0.15, 0.2) is 29.2 Å². The Bertz CT molecular complexity index is 2800. The van der Waals surface area contributed by atoms with Crippen LogP contribution in [0, 0.1) is 11.8 Å². The Balaban J connectivity index is 0.899. The Morgan fingerprint density at radius 2 is 1.59 bits per heavy atom. The number of methoxy groups -OCH3 is 2. The number of urea groups is 1. The van der Waals surface area contributed by atoms with Crippen LogP contribution in [0.1, 0.15) is 110 Å². The summed E-state index contributed by atoms with van der Waals surface area (Å²) in [5, 5.41) is 25.7. The molecule has 0 saturated carbocycles. The van der Waals surface area contributed by atoms with Gasteiger partial charge in [0.05, 0.1) is 80.0 Å². The molecular weight excluding hydrogens is 967 g/mol. The van der Waals surface area contributed by atoms with Gasteiger partial charge in [-0.15, -0.1) is 5.10 Å². The molecule has 1 unspecified atom stereocenters. The lowest BCUT2D eigenvalue weighted by molar-refractivity contribution is -0.119. The Morgan fingerprint density at radius 3 is 2.27 bits per heavy atom. The summed E-state index contributed by atoms with van der Waals surface area (Å²) in [6.07, 6.45) is 4.93. The third-order valence-electron chi connectivity index (χ3n) is 13.9. The normalized spacial score (nSPS) is 19.6. The van der Waals surface area contributed by atoms with E-state index in [0.717, 1.165) is 16.9 Å². The zero-order valence-corrected chi connectivity index (χ0v) is 43.0. The van der Waals surface area contributed by atoms with Crippen molar-refractivity contribution in [3.63, 3.8) is 0 Å². The number of anilines is 2. The number of amides is 6. The summed E-state index contributed by atoms with van der Waals surface area (Å²) in [5.41, 5.74) is 15.0. The van der Waals surface area contributed by atoms with Crippen LogP contribution in [0.3, 0.4) is 0 Å². The average molecular weight is 1030 g/mol. The maximum atomic E-state index is 14.2. The van der Waals surface area contributed by atoms with E-state index in [4.69, 9.17) is 35.2 Å². The number of aliphatic hydroxyl groups excluding tert-OH is 1. The number of aliphatic imine (C=N–C) groups is 1. The number of primary amides is 1. The lowest BCUT2D eigenvalue weighted by Crippen LogP contribution is -2.50. The maximum absolute atomic E-state index is 14.2. The van der Waals surface area contributed by atoms with Crippen molar-refractivity contribution in [1.82, 2.24) is 30.1 Å². The quantitative estimate of drug-likeness (QED) is 0.0472. The molecule has 2 fully saturated rings. The Morgan fingerprint density at radius 1 is 0.907 bits per heavy atom. The topological polar surface area (TPSA) is 281 Å². The molecule has 5 heterocycles. The second-order valence-electron chi connectivity index (χ2n) is 19.8. The number of unbranched alkanes of at least 4 members (excludes halogenated alkanes) is 2. The van der Waals surface area contributed by atoms with Gasteiger partial charge in [-0.05, 0) is 86.6 Å². The molecule has 7 N–H and O–H groups in total. The standard InChI is InChI=1S/C53H67N11O11/c1-30(2)47(54)39-28-63(60-59-39)40(11-10-16-56-52(55)69)48(65)58-34-14-12-33(13-15-34)29-75-53(70)64-41-24-46(44(72-6)22-37(41)50(67)62-27-32(4)20-42(62)51(64)68)74-18-9-7-8-17-73-45-23-38-36(21-43(45)71-5)49(66)61-26-31(3)19-35(61)25-57-38/h12-15,21-25,28,30-31,35,40,42,47,51,68H,4,7-11,16-20,26-27,29,54H2,1-3,5-6H3,(H,58,65)(H3,55,56,69)/t31?,35-,40-,42-,47-,51-/m0/s1. The summed E-state index contributed by atoms with van der Waals surface area (Å²) in [7, 11) is 2.99. The van der Waals surface area contributed by atoms with Crippen LogP contribution < -0.4 is 45.9 Å². The van der Waals surface area contributed by atoms with Crippen LogP contribution >= 0.6 is 0 Å². The van der Waals surface area contributed by atoms with Crippen molar-refractivity contribution in [1.29, 1.82) is 0 Å². The van der Waals surface area contributed by atoms with Gasteiger partial charge in [-0.3, -0.25) is 19.4 Å². The second-order valence-corrected chi connectivity index (χ2v) is 19.8. The number of ether oxygens (including phenoxy) is 5. The van der Waals surface area contributed by atoms with Crippen molar-refractivity contribution < 1.29 is 52.8 Å². The van der Waals surface area contributed by atoms with Gasteiger partial charge < -0.3 is 60.7 Å². The fraction of sp³-hybridized carbons (Fsp3) is 0.472. The summed E-state index contributed by atoms with van der Waals surface area (Å²) >= 11 is 0. The summed E-state index contributed by atoms with van der Waals surface area (Å²) < 4.78 is 31.0. The average Bonchev–Trinajstić information content (AvgIpc) is 4.12. The van der Waals surface area contributed by atoms with Gasteiger partial charge in [-0.2, -0.15) is 0 Å². The van der Waals surface area contributed by atoms with E-state index in [1.165, 1.54) is 35.9 Å². The maximum Gasteiger partial charge on any atom is 0.416 e. The van der Waals surface area contributed by atoms with Crippen molar-refractivity contribution in [3.8, 4) is 23.0 Å². The third kappa shape index (κ3) is 12.1. The summed E-state index contributed by atoms with van der Waals surface area (Å²) in [6.45, 7) is 11.6. The number of hydrogen-bond donors (Lipinski definition) is 5. The number of carbonyl (C=O) groups excluding carboxylic acids is 5. The number of aliphatic hydroxyl groups is 1. The van der Waals surface area contributed by atoms with Crippen LogP contribution in [0.5, 0.6) is 23.0 Å². The fourth-order valence-corrected chi connectivity index (χ4v) is 9.76. The predicted molar refractivity (Wildman–Crippen MR) is 278 cm³/mol. The molecule has 6 atom stereocenters. The molecule has 75 heavy (non-hydrogen) atoms. The van der Waals surface area contributed by atoms with Crippen LogP contribution in [0.2, 0.25) is 0 Å². The number of fused-ring (bicyclic) bond motifs is 4. The summed E-state index contributed by atoms with van der Waals surface area (Å²) in [5.74, 6) is 1.08. The minimum Gasteiger partial charge on any atom is -0.493 e. The molecule has 0 bridgehead atoms. The van der Waals surface area contributed by atoms with Gasteiger partial charge in [0.1, 0.15) is 12.6 Å². The first kappa shape index (κ1) is 53.6. The molecule has 22 heteroatoms. The molecule has 4 aliphatic rings. The molecule has 400 valence electrons. The Labute approximate surface area is 435 Å². The highest BCUT2D eigenvalue weighted by Crippen LogP contribution is 2.43. The summed E-state index contributed by atoms with van der Waals surface area (Å²) in [6, 6.07) is 10.5. The second kappa shape index (κ2) is 23.7. The lowest BCUT2D eigenvalue weighted by atomic mass is 10.0. The number of nitrogens with one attached hydrogen (secondary N) is 2. The molecule has 8 rings (SSSR count). The number of aromatic nitrogens is 3. The largest absolute Gasteiger partial charge is 0.493 e. The Kier molecular flexibility index (Phi) is 16.9. The molecule has 22 nitrogen and oxygen atoms in total. The zero-order valence-electron chi connectivity index (χ0n) is 43.0. The lowest BCUT2D eigenvalue weighted by Gasteiger charge is -2.31. The van der Waals surface area contributed by atoms with E-state index in [1.807, 2.05) is 25.0 Å². The van der Waals surface area contributed by atoms with Crippen LogP contribution in [-0.2, 0) is 16.1 Å². The molecule has 1 aromatic heterocycles. The van der Waals surface area contributed by atoms with E-state index >= 15 is 0 Å². The smallest absolute Gasteiger partial charge is 0.416 e. The van der Waals surface area contributed by atoms with Crippen LogP contribution in [0.4, 0.5) is 26.7 Å². The van der Waals surface area contributed by atoms with Gasteiger partial charge in [-0.1, -0.05) is 50.3 Å². The number of carbonyl (C=O) groups is 5. The molecule has 0 radical (unpaired) electrons. The minimum absolute atomic E-state index is 0.0325. The molecule has 0 aliphatic carbocycles. The number of rotatable bonds is 21. The molecule has 6 amide bonds. The molecule has 2 saturated heterocycles. The minimum atomic E-state index is -1.51. The first-order chi connectivity index (χ1) is 36.0. The fourth-order valence-electron chi connectivity index (χ4n) is 9.76. The zero-order chi connectivity index (χ0) is 53.5. The first-order valence-electron chi connectivity index (χ1n) is 25.3. The van der Waals surface area contributed by atoms with Crippen molar-refractivity contribution in [2.45, 2.75) is 103 Å². The van der Waals surface area contributed by atoms with Crippen LogP contribution in [-0.4, -0.2) is 131 Å². The molecule has 0 spiro atoms. The van der Waals surface area contributed by atoms with Gasteiger partial charge >= 0.3 is 12.1 Å². The highest BCUT2D eigenvalue weighted by Gasteiger charge is 2.46. The Hall–Kier alpha value is -7.72. The van der Waals surface area contributed by atoms with E-state index in [1.54, 1.807) is 42.6 Å². The van der Waals surface area contributed by atoms with Gasteiger partial charge in [0.25, 0.3) is 11.8 Å².